The van der Waals surface area contributed by atoms with Crippen LogP contribution in [0.3, 0.4) is 0 Å². The Bertz CT molecular complexity index is 1230. The van der Waals surface area contributed by atoms with Crippen LogP contribution in [0.1, 0.15) is 48.9 Å². The van der Waals surface area contributed by atoms with Crippen molar-refractivity contribution in [1.29, 1.82) is 0 Å². The summed E-state index contributed by atoms with van der Waals surface area (Å²) < 4.78 is 0. The molecule has 6 heteroatoms. The molecule has 1 fully saturated rings. The van der Waals surface area contributed by atoms with Crippen molar-refractivity contribution in [2.24, 2.45) is 0 Å². The lowest BCUT2D eigenvalue weighted by Gasteiger charge is -2.32. The molecule has 0 unspecified atom stereocenters. The number of H-pyrrole nitrogens is 1. The first kappa shape index (κ1) is 24.4. The number of pyridine rings is 1. The van der Waals surface area contributed by atoms with Crippen LogP contribution in [0.2, 0.25) is 0 Å². The predicted molar refractivity (Wildman–Crippen MR) is 147 cm³/mol. The van der Waals surface area contributed by atoms with Crippen molar-refractivity contribution < 1.29 is 0 Å². The normalized spacial score (nSPS) is 16.2. The summed E-state index contributed by atoms with van der Waals surface area (Å²) >= 11 is 5.93. The molecule has 0 amide bonds. The Balaban J connectivity index is 1.65. The van der Waals surface area contributed by atoms with E-state index < -0.39 is 0 Å². The van der Waals surface area contributed by atoms with Gasteiger partial charge in [0.05, 0.1) is 12.1 Å². The van der Waals surface area contributed by atoms with Crippen molar-refractivity contribution in [3.05, 3.63) is 75.1 Å². The number of fused-ring (bicyclic) bond motifs is 1. The molecule has 1 aromatic heterocycles. The fourth-order valence-electron chi connectivity index (χ4n) is 5.03. The van der Waals surface area contributed by atoms with Crippen LogP contribution in [0.5, 0.6) is 0 Å². The number of likely N-dealkylation sites (N-methyl/N-ethyl adjacent to an activating group) is 1. The molecule has 180 valence electrons. The molecule has 1 saturated heterocycles. The number of anilines is 1. The van der Waals surface area contributed by atoms with Gasteiger partial charge in [0.2, 0.25) is 0 Å². The van der Waals surface area contributed by atoms with Crippen molar-refractivity contribution in [3.63, 3.8) is 0 Å². The minimum absolute atomic E-state index is 0.0401. The van der Waals surface area contributed by atoms with Gasteiger partial charge in [-0.2, -0.15) is 0 Å². The largest absolute Gasteiger partial charge is 0.343 e. The molecule has 0 radical (unpaired) electrons. The number of rotatable bonds is 7. The number of hydrogen-bond donors (Lipinski definition) is 2. The standard InChI is InChI=1S/C28H36N4OS/c1-5-21-10-7-8-12-25(21)29-28(34)32(18-24-11-9-15-31(24)6-2)17-23-16-22-14-13-19(3)20(4)26(22)30-27(23)33/h7-8,10,12-14,16,24H,5-6,9,11,15,17-18H2,1-4H3,(H,29,34)(H,30,33)/t24-/m1/s1. The van der Waals surface area contributed by atoms with E-state index in [1.165, 1.54) is 17.5 Å². The van der Waals surface area contributed by atoms with E-state index in [9.17, 15) is 4.79 Å². The maximum Gasteiger partial charge on any atom is 0.253 e. The fourth-order valence-corrected chi connectivity index (χ4v) is 5.28. The Morgan fingerprint density at radius 3 is 2.74 bits per heavy atom. The van der Waals surface area contributed by atoms with E-state index in [0.717, 1.165) is 60.2 Å². The van der Waals surface area contributed by atoms with Crippen molar-refractivity contribution >= 4 is 33.9 Å². The van der Waals surface area contributed by atoms with Gasteiger partial charge in [0, 0.05) is 23.8 Å². The summed E-state index contributed by atoms with van der Waals surface area (Å²) in [6.07, 6.45) is 3.30. The molecule has 2 aromatic carbocycles. The molecule has 0 spiro atoms. The second-order valence-corrected chi connectivity index (χ2v) is 9.73. The number of thiocarbonyl (C=S) groups is 1. The molecule has 1 aliphatic rings. The monoisotopic (exact) mass is 476 g/mol. The lowest BCUT2D eigenvalue weighted by atomic mass is 10.0. The van der Waals surface area contributed by atoms with Crippen LogP contribution in [-0.2, 0) is 13.0 Å². The summed E-state index contributed by atoms with van der Waals surface area (Å²) in [7, 11) is 0. The van der Waals surface area contributed by atoms with Gasteiger partial charge in [0.25, 0.3) is 5.56 Å². The highest BCUT2D eigenvalue weighted by Gasteiger charge is 2.27. The molecule has 5 nitrogen and oxygen atoms in total. The zero-order valence-electron chi connectivity index (χ0n) is 20.8. The maximum absolute atomic E-state index is 13.1. The van der Waals surface area contributed by atoms with Crippen molar-refractivity contribution in [2.75, 3.05) is 25.0 Å². The van der Waals surface area contributed by atoms with Crippen LogP contribution in [0.4, 0.5) is 5.69 Å². The SMILES string of the molecule is CCc1ccccc1NC(=S)N(Cc1cc2ccc(C)c(C)c2[nH]c1=O)C[C@H]1CCCN1CC. The Morgan fingerprint density at radius 1 is 1.18 bits per heavy atom. The summed E-state index contributed by atoms with van der Waals surface area (Å²) in [6.45, 7) is 11.9. The van der Waals surface area contributed by atoms with Gasteiger partial charge in [-0.15, -0.1) is 0 Å². The topological polar surface area (TPSA) is 51.4 Å². The third-order valence-corrected chi connectivity index (χ3v) is 7.61. The van der Waals surface area contributed by atoms with Crippen LogP contribution in [0.25, 0.3) is 10.9 Å². The molecule has 0 saturated carbocycles. The molecule has 0 aliphatic carbocycles. The van der Waals surface area contributed by atoms with Crippen molar-refractivity contribution in [2.45, 2.75) is 59.5 Å². The average Bonchev–Trinajstić information content (AvgIpc) is 3.29. The smallest absolute Gasteiger partial charge is 0.253 e. The van der Waals surface area contributed by atoms with Gasteiger partial charge < -0.3 is 15.2 Å². The van der Waals surface area contributed by atoms with E-state index in [2.05, 4.69) is 78.1 Å². The molecule has 34 heavy (non-hydrogen) atoms. The third-order valence-electron chi connectivity index (χ3n) is 7.25. The van der Waals surface area contributed by atoms with E-state index >= 15 is 0 Å². The highest BCUT2D eigenvalue weighted by Crippen LogP contribution is 2.23. The first-order valence-corrected chi connectivity index (χ1v) is 12.8. The zero-order chi connectivity index (χ0) is 24.2. The second kappa shape index (κ2) is 10.7. The first-order valence-electron chi connectivity index (χ1n) is 12.4. The van der Waals surface area contributed by atoms with Crippen LogP contribution in [0, 0.1) is 13.8 Å². The number of aromatic nitrogens is 1. The lowest BCUT2D eigenvalue weighted by Crippen LogP contribution is -2.45. The number of benzene rings is 2. The molecule has 2 heterocycles. The number of aromatic amines is 1. The van der Waals surface area contributed by atoms with Gasteiger partial charge >= 0.3 is 0 Å². The summed E-state index contributed by atoms with van der Waals surface area (Å²) in [5.74, 6) is 0. The molecule has 0 bridgehead atoms. The van der Waals surface area contributed by atoms with Gasteiger partial charge in [0.1, 0.15) is 0 Å². The van der Waals surface area contributed by atoms with Gasteiger partial charge in [-0.3, -0.25) is 9.69 Å². The Labute approximate surface area is 208 Å². The Kier molecular flexibility index (Phi) is 7.69. The summed E-state index contributed by atoms with van der Waals surface area (Å²) in [4.78, 5) is 21.0. The fraction of sp³-hybridized carbons (Fsp3) is 0.429. The number of nitrogens with one attached hydrogen (secondary N) is 2. The van der Waals surface area contributed by atoms with E-state index in [1.54, 1.807) is 0 Å². The quantitative estimate of drug-likeness (QED) is 0.448. The maximum atomic E-state index is 13.1. The van der Waals surface area contributed by atoms with Crippen molar-refractivity contribution in [1.82, 2.24) is 14.8 Å². The molecule has 1 aliphatic heterocycles. The molecule has 3 aromatic rings. The van der Waals surface area contributed by atoms with Gasteiger partial charge in [0.15, 0.2) is 5.11 Å². The summed E-state index contributed by atoms with van der Waals surface area (Å²) in [6, 6.07) is 15.0. The van der Waals surface area contributed by atoms with Crippen LogP contribution in [-0.4, -0.2) is 45.6 Å². The zero-order valence-corrected chi connectivity index (χ0v) is 21.6. The number of nitrogens with zero attached hydrogens (tertiary/aromatic N) is 2. The average molecular weight is 477 g/mol. The van der Waals surface area contributed by atoms with Crippen molar-refractivity contribution in [3.8, 4) is 0 Å². The van der Waals surface area contributed by atoms with E-state index in [4.69, 9.17) is 12.2 Å². The van der Waals surface area contributed by atoms with Gasteiger partial charge in [-0.1, -0.05) is 44.2 Å². The number of likely N-dealkylation sites (tertiary alicyclic amines) is 1. The number of aryl methyl sites for hydroxylation is 3. The highest BCUT2D eigenvalue weighted by molar-refractivity contribution is 7.80. The van der Waals surface area contributed by atoms with Crippen LogP contribution < -0.4 is 10.9 Å². The minimum atomic E-state index is -0.0401. The van der Waals surface area contributed by atoms with Gasteiger partial charge in [-0.05, 0) is 92.6 Å². The Morgan fingerprint density at radius 2 is 1.97 bits per heavy atom. The number of para-hydroxylation sites is 1. The van der Waals surface area contributed by atoms with E-state index in [1.807, 2.05) is 12.1 Å². The van der Waals surface area contributed by atoms with E-state index in [0.29, 0.717) is 17.7 Å². The third kappa shape index (κ3) is 5.18. The minimum Gasteiger partial charge on any atom is -0.343 e. The molecule has 1 atom stereocenters. The summed E-state index contributed by atoms with van der Waals surface area (Å²) in [5, 5.41) is 5.22. The lowest BCUT2D eigenvalue weighted by molar-refractivity contribution is 0.221. The molecular formula is C28H36N4OS. The van der Waals surface area contributed by atoms with E-state index in [-0.39, 0.29) is 5.56 Å². The first-order chi connectivity index (χ1) is 16.4. The Hall–Kier alpha value is -2.70. The molecule has 2 N–H and O–H groups in total. The molecule has 4 rings (SSSR count). The number of hydrogen-bond acceptors (Lipinski definition) is 3. The van der Waals surface area contributed by atoms with Crippen LogP contribution in [0.15, 0.2) is 47.3 Å². The van der Waals surface area contributed by atoms with Crippen LogP contribution >= 0.6 is 12.2 Å². The van der Waals surface area contributed by atoms with Gasteiger partial charge in [-0.25, -0.2) is 0 Å². The second-order valence-electron chi connectivity index (χ2n) is 9.34. The summed E-state index contributed by atoms with van der Waals surface area (Å²) in [5.41, 5.74) is 6.19. The predicted octanol–water partition coefficient (Wildman–Crippen LogP) is 5.39. The molecular weight excluding hydrogens is 440 g/mol. The highest BCUT2D eigenvalue weighted by atomic mass is 32.1.